The van der Waals surface area contributed by atoms with Gasteiger partial charge in [0, 0.05) is 6.54 Å². The van der Waals surface area contributed by atoms with E-state index in [0.29, 0.717) is 0 Å². The molecule has 0 aliphatic carbocycles. The first kappa shape index (κ1) is 15.2. The predicted octanol–water partition coefficient (Wildman–Crippen LogP) is 0.562. The van der Waals surface area contributed by atoms with Crippen LogP contribution < -0.4 is 16.2 Å². The molecule has 19 heavy (non-hydrogen) atoms. The van der Waals surface area contributed by atoms with E-state index in [1.165, 1.54) is 6.08 Å². The van der Waals surface area contributed by atoms with Gasteiger partial charge in [-0.2, -0.15) is 5.10 Å². The topological polar surface area (TPSA) is 93.1 Å². The number of halogens is 2. The Morgan fingerprint density at radius 2 is 2.16 bits per heavy atom. The largest absolute Gasteiger partial charge is 0.334 e. The fourth-order valence-electron chi connectivity index (χ4n) is 1.07. The molecule has 0 radical (unpaired) electrons. The van der Waals surface area contributed by atoms with Crippen LogP contribution in [-0.2, 0) is 11.3 Å². The minimum atomic E-state index is -0.713. The predicted molar refractivity (Wildman–Crippen MR) is 70.3 cm³/mol. The van der Waals surface area contributed by atoms with Gasteiger partial charge in [0.25, 0.3) is 5.56 Å². The molecule has 1 aromatic rings. The van der Waals surface area contributed by atoms with Gasteiger partial charge in [0.2, 0.25) is 5.91 Å². The Kier molecular flexibility index (Phi) is 5.53. The molecule has 9 heteroatoms. The lowest BCUT2D eigenvalue weighted by Crippen LogP contribution is -2.42. The highest BCUT2D eigenvalue weighted by Gasteiger charge is 2.12. The van der Waals surface area contributed by atoms with Crippen molar-refractivity contribution < 1.29 is 9.59 Å². The van der Waals surface area contributed by atoms with Crippen LogP contribution in [0.5, 0.6) is 0 Å². The molecule has 0 fully saturated rings. The molecule has 0 saturated heterocycles. The lowest BCUT2D eigenvalue weighted by molar-refractivity contribution is -0.120. The molecule has 3 amide bonds. The molecule has 102 valence electrons. The van der Waals surface area contributed by atoms with Gasteiger partial charge >= 0.3 is 6.03 Å². The van der Waals surface area contributed by atoms with Crippen LogP contribution in [0.2, 0.25) is 10.0 Å². The first-order valence-corrected chi connectivity index (χ1v) is 5.81. The molecule has 1 rings (SSSR count). The molecule has 1 heterocycles. The molecule has 0 unspecified atom stereocenters. The van der Waals surface area contributed by atoms with Gasteiger partial charge in [-0.25, -0.2) is 9.48 Å². The Bertz CT molecular complexity index is 570. The Balaban J connectivity index is 2.68. The standard InChI is InChI=1S/C10H10Cl2N4O3/c1-2-3-13-10(19)15-7(17)5-16-9(18)8(12)6(11)4-14-16/h2,4H,1,3,5H2,(H2,13,15,17,19). The highest BCUT2D eigenvalue weighted by molar-refractivity contribution is 6.41. The summed E-state index contributed by atoms with van der Waals surface area (Å²) in [6, 6.07) is -0.696. The summed E-state index contributed by atoms with van der Waals surface area (Å²) in [5, 5.41) is 7.74. The summed E-state index contributed by atoms with van der Waals surface area (Å²) in [4.78, 5) is 34.2. The third-order valence-electron chi connectivity index (χ3n) is 1.90. The monoisotopic (exact) mass is 304 g/mol. The molecule has 0 aliphatic rings. The van der Waals surface area contributed by atoms with Crippen LogP contribution in [0.4, 0.5) is 4.79 Å². The molecule has 2 N–H and O–H groups in total. The van der Waals surface area contributed by atoms with E-state index in [-0.39, 0.29) is 16.6 Å². The second-order valence-corrected chi connectivity index (χ2v) is 4.10. The summed E-state index contributed by atoms with van der Waals surface area (Å²) in [6.45, 7) is 3.16. The number of rotatable bonds is 4. The van der Waals surface area contributed by atoms with E-state index in [0.717, 1.165) is 10.9 Å². The zero-order valence-corrected chi connectivity index (χ0v) is 11.2. The summed E-state index contributed by atoms with van der Waals surface area (Å²) in [6.07, 6.45) is 2.59. The van der Waals surface area contributed by atoms with Crippen molar-refractivity contribution in [3.63, 3.8) is 0 Å². The van der Waals surface area contributed by atoms with Crippen LogP contribution in [0.15, 0.2) is 23.6 Å². The van der Waals surface area contributed by atoms with Crippen LogP contribution in [0.1, 0.15) is 0 Å². The number of amides is 3. The minimum absolute atomic E-state index is 0.00736. The van der Waals surface area contributed by atoms with Crippen LogP contribution in [0.3, 0.4) is 0 Å². The zero-order valence-electron chi connectivity index (χ0n) is 9.65. The molecule has 7 nitrogen and oxygen atoms in total. The molecule has 0 saturated carbocycles. The molecule has 0 bridgehead atoms. The third-order valence-corrected chi connectivity index (χ3v) is 2.64. The van der Waals surface area contributed by atoms with Gasteiger partial charge < -0.3 is 5.32 Å². The maximum atomic E-state index is 11.6. The highest BCUT2D eigenvalue weighted by atomic mass is 35.5. The number of hydrogen-bond acceptors (Lipinski definition) is 4. The van der Waals surface area contributed by atoms with Crippen molar-refractivity contribution in [2.45, 2.75) is 6.54 Å². The second-order valence-electron chi connectivity index (χ2n) is 3.32. The molecule has 0 atom stereocenters. The van der Waals surface area contributed by atoms with Crippen molar-refractivity contribution in [2.75, 3.05) is 6.54 Å². The molecule has 1 aromatic heterocycles. The van der Waals surface area contributed by atoms with Crippen LogP contribution in [0.25, 0.3) is 0 Å². The molecule has 0 aromatic carbocycles. The highest BCUT2D eigenvalue weighted by Crippen LogP contribution is 2.14. The van der Waals surface area contributed by atoms with E-state index in [1.54, 1.807) is 0 Å². The van der Waals surface area contributed by atoms with Gasteiger partial charge in [-0.05, 0) is 0 Å². The summed E-state index contributed by atoms with van der Waals surface area (Å²) < 4.78 is 0.796. The first-order chi connectivity index (χ1) is 8.95. The van der Waals surface area contributed by atoms with E-state index in [2.05, 4.69) is 17.0 Å². The Labute approximate surface area is 118 Å². The summed E-state index contributed by atoms with van der Waals surface area (Å²) >= 11 is 11.2. The summed E-state index contributed by atoms with van der Waals surface area (Å²) in [5.74, 6) is -0.713. The number of carbonyl (C=O) groups excluding carboxylic acids is 2. The molecule has 0 aliphatic heterocycles. The number of nitrogens with zero attached hydrogens (tertiary/aromatic N) is 2. The van der Waals surface area contributed by atoms with Gasteiger partial charge in [0.05, 0.1) is 11.2 Å². The van der Waals surface area contributed by atoms with Gasteiger partial charge in [-0.15, -0.1) is 6.58 Å². The molecule has 0 spiro atoms. The molecular formula is C10H10Cl2N4O3. The fourth-order valence-corrected chi connectivity index (χ4v) is 1.34. The van der Waals surface area contributed by atoms with Crippen molar-refractivity contribution in [2.24, 2.45) is 0 Å². The van der Waals surface area contributed by atoms with Gasteiger partial charge in [-0.1, -0.05) is 29.3 Å². The van der Waals surface area contributed by atoms with Crippen molar-refractivity contribution >= 4 is 35.1 Å². The lowest BCUT2D eigenvalue weighted by Gasteiger charge is -2.06. The van der Waals surface area contributed by atoms with Gasteiger partial charge in [0.1, 0.15) is 11.6 Å². The quantitative estimate of drug-likeness (QED) is 0.795. The Morgan fingerprint density at radius 1 is 1.47 bits per heavy atom. The SMILES string of the molecule is C=CCNC(=O)NC(=O)Cn1ncc(Cl)c(Cl)c1=O. The van der Waals surface area contributed by atoms with Crippen molar-refractivity contribution in [1.82, 2.24) is 20.4 Å². The number of hydrogen-bond donors (Lipinski definition) is 2. The second kappa shape index (κ2) is 6.91. The third kappa shape index (κ3) is 4.38. The van der Waals surface area contributed by atoms with Gasteiger partial charge in [0.15, 0.2) is 0 Å². The summed E-state index contributed by atoms with van der Waals surface area (Å²) in [5.41, 5.74) is -0.712. The average Bonchev–Trinajstić information content (AvgIpc) is 2.37. The van der Waals surface area contributed by atoms with Crippen molar-refractivity contribution in [3.05, 3.63) is 39.3 Å². The fraction of sp³-hybridized carbons (Fsp3) is 0.200. The minimum Gasteiger partial charge on any atom is -0.334 e. The smallest absolute Gasteiger partial charge is 0.321 e. The maximum Gasteiger partial charge on any atom is 0.321 e. The maximum absolute atomic E-state index is 11.6. The van der Waals surface area contributed by atoms with Gasteiger partial charge in [-0.3, -0.25) is 14.9 Å². The van der Waals surface area contributed by atoms with E-state index in [1.807, 2.05) is 5.32 Å². The van der Waals surface area contributed by atoms with E-state index in [4.69, 9.17) is 23.2 Å². The number of aromatic nitrogens is 2. The van der Waals surface area contributed by atoms with Crippen LogP contribution in [0, 0.1) is 0 Å². The Hall–Kier alpha value is -1.86. The van der Waals surface area contributed by atoms with E-state index < -0.39 is 24.0 Å². The number of urea groups is 1. The van der Waals surface area contributed by atoms with Crippen molar-refractivity contribution in [1.29, 1.82) is 0 Å². The van der Waals surface area contributed by atoms with E-state index in [9.17, 15) is 14.4 Å². The first-order valence-electron chi connectivity index (χ1n) is 5.05. The normalized spacial score (nSPS) is 9.79. The summed E-state index contributed by atoms with van der Waals surface area (Å²) in [7, 11) is 0. The zero-order chi connectivity index (χ0) is 14.4. The average molecular weight is 305 g/mol. The van der Waals surface area contributed by atoms with Crippen LogP contribution >= 0.6 is 23.2 Å². The van der Waals surface area contributed by atoms with E-state index >= 15 is 0 Å². The lowest BCUT2D eigenvalue weighted by atomic mass is 10.5. The van der Waals surface area contributed by atoms with Crippen molar-refractivity contribution in [3.8, 4) is 0 Å². The number of imide groups is 1. The molecular weight excluding hydrogens is 295 g/mol. The number of carbonyl (C=O) groups is 2. The Morgan fingerprint density at radius 3 is 2.79 bits per heavy atom. The van der Waals surface area contributed by atoms with Crippen LogP contribution in [-0.4, -0.2) is 28.3 Å². The number of nitrogens with one attached hydrogen (secondary N) is 2.